The minimum atomic E-state index is 0.556. The first-order valence-corrected chi connectivity index (χ1v) is 20.1. The zero-order valence-corrected chi connectivity index (χ0v) is 32.7. The summed E-state index contributed by atoms with van der Waals surface area (Å²) in [7, 11) is 0. The fraction of sp³-hybridized carbons (Fsp3) is 0. The van der Waals surface area contributed by atoms with Crippen LogP contribution in [0.1, 0.15) is 0 Å². The fourth-order valence-corrected chi connectivity index (χ4v) is 7.80. The Hall–Kier alpha value is -8.49. The molecule has 0 aliphatic rings. The molecular formula is C53H34N8. The van der Waals surface area contributed by atoms with Gasteiger partial charge in [-0.25, -0.2) is 34.9 Å². The van der Waals surface area contributed by atoms with Crippen molar-refractivity contribution in [3.8, 4) is 85.3 Å². The number of hydrogen-bond acceptors (Lipinski definition) is 7. The Labute approximate surface area is 351 Å². The van der Waals surface area contributed by atoms with Crippen LogP contribution >= 0.6 is 0 Å². The summed E-state index contributed by atoms with van der Waals surface area (Å²) in [6.07, 6.45) is 0. The summed E-state index contributed by atoms with van der Waals surface area (Å²) < 4.78 is 2.22. The predicted octanol–water partition coefficient (Wildman–Crippen LogP) is 12.2. The molecule has 286 valence electrons. The predicted molar refractivity (Wildman–Crippen MR) is 243 cm³/mol. The van der Waals surface area contributed by atoms with Crippen LogP contribution in [0, 0.1) is 0 Å². The highest BCUT2D eigenvalue weighted by Gasteiger charge is 2.23. The minimum absolute atomic E-state index is 0.556. The molecular weight excluding hydrogens is 749 g/mol. The van der Waals surface area contributed by atoms with Crippen LogP contribution in [0.3, 0.4) is 0 Å². The Morgan fingerprint density at radius 2 is 0.689 bits per heavy atom. The largest absolute Gasteiger partial charge is 0.294 e. The van der Waals surface area contributed by atoms with Crippen LogP contribution in [0.2, 0.25) is 0 Å². The fourth-order valence-electron chi connectivity index (χ4n) is 7.80. The number of fused-ring (bicyclic) bond motifs is 3. The van der Waals surface area contributed by atoms with Crippen molar-refractivity contribution in [2.45, 2.75) is 0 Å². The molecule has 0 unspecified atom stereocenters. The van der Waals surface area contributed by atoms with E-state index >= 15 is 0 Å². The molecule has 0 saturated heterocycles. The molecule has 8 heteroatoms. The molecule has 0 bridgehead atoms. The van der Waals surface area contributed by atoms with Crippen molar-refractivity contribution in [1.82, 2.24) is 39.5 Å². The first-order valence-electron chi connectivity index (χ1n) is 20.1. The first kappa shape index (κ1) is 35.7. The molecule has 11 rings (SSSR count). The average molecular weight is 783 g/mol. The second-order valence-corrected chi connectivity index (χ2v) is 14.6. The first-order chi connectivity index (χ1) is 30.2. The van der Waals surface area contributed by atoms with Crippen LogP contribution in [0.4, 0.5) is 0 Å². The highest BCUT2D eigenvalue weighted by molar-refractivity contribution is 6.14. The van der Waals surface area contributed by atoms with Crippen LogP contribution in [0.25, 0.3) is 107 Å². The Bertz CT molecular complexity index is 3220. The third kappa shape index (κ3) is 6.78. The zero-order valence-electron chi connectivity index (χ0n) is 32.7. The molecule has 0 aliphatic heterocycles. The molecule has 0 N–H and O–H groups in total. The van der Waals surface area contributed by atoms with Gasteiger partial charge in [0.15, 0.2) is 34.9 Å². The van der Waals surface area contributed by atoms with E-state index in [-0.39, 0.29) is 0 Å². The normalized spacial score (nSPS) is 11.3. The summed E-state index contributed by atoms with van der Waals surface area (Å²) in [5.74, 6) is 3.52. The van der Waals surface area contributed by atoms with Gasteiger partial charge in [0.2, 0.25) is 0 Å². The number of pyridine rings is 1. The lowest BCUT2D eigenvalue weighted by Gasteiger charge is -2.13. The second kappa shape index (κ2) is 15.4. The summed E-state index contributed by atoms with van der Waals surface area (Å²) in [6.45, 7) is 0. The lowest BCUT2D eigenvalue weighted by atomic mass is 10.0. The van der Waals surface area contributed by atoms with Gasteiger partial charge in [-0.2, -0.15) is 0 Å². The van der Waals surface area contributed by atoms with Gasteiger partial charge < -0.3 is 0 Å². The Morgan fingerprint density at radius 3 is 1.18 bits per heavy atom. The van der Waals surface area contributed by atoms with Crippen molar-refractivity contribution in [2.75, 3.05) is 0 Å². The summed E-state index contributed by atoms with van der Waals surface area (Å²) >= 11 is 0. The molecule has 61 heavy (non-hydrogen) atoms. The van der Waals surface area contributed by atoms with Gasteiger partial charge in [0, 0.05) is 55.4 Å². The van der Waals surface area contributed by atoms with Gasteiger partial charge in [0.05, 0.1) is 11.2 Å². The monoisotopic (exact) mass is 782 g/mol. The quantitative estimate of drug-likeness (QED) is 0.151. The van der Waals surface area contributed by atoms with Gasteiger partial charge in [-0.05, 0) is 24.3 Å². The van der Waals surface area contributed by atoms with Crippen molar-refractivity contribution in [3.05, 3.63) is 206 Å². The molecule has 0 fully saturated rings. The van der Waals surface area contributed by atoms with Crippen molar-refractivity contribution < 1.29 is 0 Å². The van der Waals surface area contributed by atoms with E-state index in [4.69, 9.17) is 34.9 Å². The van der Waals surface area contributed by atoms with E-state index < -0.39 is 0 Å². The van der Waals surface area contributed by atoms with Gasteiger partial charge in [-0.15, -0.1) is 0 Å². The Kier molecular flexibility index (Phi) is 8.98. The molecule has 0 spiro atoms. The summed E-state index contributed by atoms with van der Waals surface area (Å²) in [4.78, 5) is 35.9. The van der Waals surface area contributed by atoms with Gasteiger partial charge in [0.1, 0.15) is 5.65 Å². The third-order valence-corrected chi connectivity index (χ3v) is 10.7. The maximum Gasteiger partial charge on any atom is 0.164 e. The van der Waals surface area contributed by atoms with E-state index in [0.29, 0.717) is 34.9 Å². The van der Waals surface area contributed by atoms with Gasteiger partial charge in [-0.1, -0.05) is 182 Å². The molecule has 8 nitrogen and oxygen atoms in total. The third-order valence-electron chi connectivity index (χ3n) is 10.7. The molecule has 0 aliphatic carbocycles. The Morgan fingerprint density at radius 1 is 0.295 bits per heavy atom. The standard InChI is InChI=1S/C53H34N8/c1-6-19-35(20-7-1)44-34-43(52-59-49(38-25-12-4-13-26-38)56-50(60-52)39-27-14-5-15-28-39)46-42-31-16-17-32-45(42)61(53(46)54-44)41-30-18-29-40(33-41)51-57-47(36-21-8-2-9-22-36)55-48(58-51)37-23-10-3-11-24-37/h1-34H. The molecule has 4 aromatic heterocycles. The maximum atomic E-state index is 5.47. The average Bonchev–Trinajstić information content (AvgIpc) is 3.69. The van der Waals surface area contributed by atoms with E-state index in [2.05, 4.69) is 59.2 Å². The maximum absolute atomic E-state index is 5.47. The zero-order chi connectivity index (χ0) is 40.5. The minimum Gasteiger partial charge on any atom is -0.294 e. The highest BCUT2D eigenvalue weighted by atomic mass is 15.1. The van der Waals surface area contributed by atoms with Crippen LogP contribution in [-0.4, -0.2) is 39.5 Å². The molecule has 7 aromatic carbocycles. The molecule has 0 saturated carbocycles. The van der Waals surface area contributed by atoms with Gasteiger partial charge in [0.25, 0.3) is 0 Å². The smallest absolute Gasteiger partial charge is 0.164 e. The molecule has 11 aromatic rings. The molecule has 0 radical (unpaired) electrons. The number of aromatic nitrogens is 8. The van der Waals surface area contributed by atoms with Gasteiger partial charge in [-0.3, -0.25) is 4.57 Å². The summed E-state index contributed by atoms with van der Waals surface area (Å²) in [6, 6.07) is 69.3. The molecule has 0 amide bonds. The van der Waals surface area contributed by atoms with E-state index in [9.17, 15) is 0 Å². The lowest BCUT2D eigenvalue weighted by Crippen LogP contribution is -2.02. The molecule has 0 atom stereocenters. The lowest BCUT2D eigenvalue weighted by molar-refractivity contribution is 1.07. The topological polar surface area (TPSA) is 95.2 Å². The Balaban J connectivity index is 1.16. The number of benzene rings is 7. The van der Waals surface area contributed by atoms with Crippen molar-refractivity contribution in [2.24, 2.45) is 0 Å². The van der Waals surface area contributed by atoms with Crippen LogP contribution in [-0.2, 0) is 0 Å². The van der Waals surface area contributed by atoms with E-state index in [1.807, 2.05) is 152 Å². The number of nitrogens with zero attached hydrogens (tertiary/aromatic N) is 8. The van der Waals surface area contributed by atoms with E-state index in [1.165, 1.54) is 0 Å². The summed E-state index contributed by atoms with van der Waals surface area (Å²) in [5, 5.41) is 1.95. The van der Waals surface area contributed by atoms with Crippen molar-refractivity contribution in [3.63, 3.8) is 0 Å². The number of rotatable bonds is 8. The van der Waals surface area contributed by atoms with Crippen molar-refractivity contribution >= 4 is 21.9 Å². The SMILES string of the molecule is c1ccc(-c2cc(-c3nc(-c4ccccc4)nc(-c4ccccc4)n3)c3c4ccccc4n(-c4cccc(-c5nc(-c6ccccc6)nc(-c6ccccc6)n5)c4)c3n2)cc1. The van der Waals surface area contributed by atoms with Crippen LogP contribution in [0.5, 0.6) is 0 Å². The highest BCUT2D eigenvalue weighted by Crippen LogP contribution is 2.40. The number of hydrogen-bond donors (Lipinski definition) is 0. The van der Waals surface area contributed by atoms with Crippen LogP contribution in [0.15, 0.2) is 206 Å². The van der Waals surface area contributed by atoms with Crippen molar-refractivity contribution in [1.29, 1.82) is 0 Å². The molecule has 4 heterocycles. The second-order valence-electron chi connectivity index (χ2n) is 14.6. The summed E-state index contributed by atoms with van der Waals surface area (Å²) in [5.41, 5.74) is 9.76. The number of para-hydroxylation sites is 1. The van der Waals surface area contributed by atoms with Gasteiger partial charge >= 0.3 is 0 Å². The van der Waals surface area contributed by atoms with Crippen LogP contribution < -0.4 is 0 Å². The van der Waals surface area contributed by atoms with E-state index in [0.717, 1.165) is 72.3 Å². The van der Waals surface area contributed by atoms with E-state index in [1.54, 1.807) is 0 Å².